The third-order valence-electron chi connectivity index (χ3n) is 2.75. The van der Waals surface area contributed by atoms with Crippen LogP contribution in [0.25, 0.3) is 0 Å². The van der Waals surface area contributed by atoms with Crippen LogP contribution < -0.4 is 4.90 Å². The van der Waals surface area contributed by atoms with Crippen LogP contribution in [0.2, 0.25) is 0 Å². The number of hydrogen-bond acceptors (Lipinski definition) is 4. The minimum absolute atomic E-state index is 0.0549. The Balaban J connectivity index is 2.17. The molecule has 17 heavy (non-hydrogen) atoms. The maximum atomic E-state index is 12.5. The van der Waals surface area contributed by atoms with E-state index >= 15 is 0 Å². The molecule has 2 heterocycles. The SMILES string of the molecule is CO[C@H]1CCN(c2cc(C(F)(F)F)ncn2)C1. The number of rotatable bonds is 2. The van der Waals surface area contributed by atoms with E-state index in [4.69, 9.17) is 4.74 Å². The van der Waals surface area contributed by atoms with Gasteiger partial charge in [0.05, 0.1) is 6.10 Å². The molecule has 0 radical (unpaired) electrons. The van der Waals surface area contributed by atoms with Crippen molar-refractivity contribution in [2.75, 3.05) is 25.1 Å². The number of ether oxygens (including phenoxy) is 1. The van der Waals surface area contributed by atoms with Crippen molar-refractivity contribution in [2.45, 2.75) is 18.7 Å². The van der Waals surface area contributed by atoms with Crippen molar-refractivity contribution in [2.24, 2.45) is 0 Å². The van der Waals surface area contributed by atoms with Crippen molar-refractivity contribution < 1.29 is 17.9 Å². The highest BCUT2D eigenvalue weighted by Crippen LogP contribution is 2.29. The minimum Gasteiger partial charge on any atom is -0.380 e. The number of methoxy groups -OCH3 is 1. The fraction of sp³-hybridized carbons (Fsp3) is 0.600. The third kappa shape index (κ3) is 2.66. The number of aromatic nitrogens is 2. The molecule has 1 fully saturated rings. The molecule has 0 spiro atoms. The second-order valence-corrected chi connectivity index (χ2v) is 3.85. The molecule has 0 aromatic carbocycles. The molecule has 1 atom stereocenters. The van der Waals surface area contributed by atoms with Gasteiger partial charge in [-0.25, -0.2) is 9.97 Å². The molecule has 1 aliphatic heterocycles. The Labute approximate surface area is 96.4 Å². The van der Waals surface area contributed by atoms with E-state index in [1.54, 1.807) is 12.0 Å². The first-order valence-corrected chi connectivity index (χ1v) is 5.17. The predicted octanol–water partition coefficient (Wildman–Crippen LogP) is 1.72. The molecular weight excluding hydrogens is 235 g/mol. The van der Waals surface area contributed by atoms with Gasteiger partial charge >= 0.3 is 6.18 Å². The lowest BCUT2D eigenvalue weighted by Crippen LogP contribution is -2.24. The number of anilines is 1. The summed E-state index contributed by atoms with van der Waals surface area (Å²) in [6.45, 7) is 1.21. The van der Waals surface area contributed by atoms with Gasteiger partial charge < -0.3 is 9.64 Å². The van der Waals surface area contributed by atoms with Crippen molar-refractivity contribution in [1.82, 2.24) is 9.97 Å². The van der Waals surface area contributed by atoms with Gasteiger partial charge in [-0.3, -0.25) is 0 Å². The van der Waals surface area contributed by atoms with Crippen molar-refractivity contribution in [3.8, 4) is 0 Å². The van der Waals surface area contributed by atoms with Crippen LogP contribution in [0.3, 0.4) is 0 Å². The molecular formula is C10H12F3N3O. The highest BCUT2D eigenvalue weighted by Gasteiger charge is 2.34. The molecule has 2 rings (SSSR count). The van der Waals surface area contributed by atoms with E-state index in [9.17, 15) is 13.2 Å². The zero-order valence-corrected chi connectivity index (χ0v) is 9.24. The van der Waals surface area contributed by atoms with Crippen LogP contribution in [-0.4, -0.2) is 36.3 Å². The summed E-state index contributed by atoms with van der Waals surface area (Å²) in [4.78, 5) is 8.86. The van der Waals surface area contributed by atoms with E-state index in [2.05, 4.69) is 9.97 Å². The zero-order valence-electron chi connectivity index (χ0n) is 9.24. The van der Waals surface area contributed by atoms with Gasteiger partial charge in [0.1, 0.15) is 17.8 Å². The first-order valence-electron chi connectivity index (χ1n) is 5.17. The summed E-state index contributed by atoms with van der Waals surface area (Å²) in [6, 6.07) is 0.970. The Morgan fingerprint density at radius 3 is 2.76 bits per heavy atom. The Kier molecular flexibility index (Phi) is 3.19. The normalized spacial score (nSPS) is 20.9. The lowest BCUT2D eigenvalue weighted by molar-refractivity contribution is -0.141. The van der Waals surface area contributed by atoms with Crippen molar-refractivity contribution >= 4 is 5.82 Å². The van der Waals surface area contributed by atoms with Gasteiger partial charge in [0.2, 0.25) is 0 Å². The summed E-state index contributed by atoms with van der Waals surface area (Å²) in [7, 11) is 1.59. The molecule has 1 aromatic heterocycles. The van der Waals surface area contributed by atoms with Crippen molar-refractivity contribution in [3.05, 3.63) is 18.1 Å². The second-order valence-electron chi connectivity index (χ2n) is 3.85. The number of nitrogens with zero attached hydrogens (tertiary/aromatic N) is 3. The topological polar surface area (TPSA) is 38.2 Å². The summed E-state index contributed by atoms with van der Waals surface area (Å²) in [5.41, 5.74) is -0.914. The van der Waals surface area contributed by atoms with Crippen LogP contribution in [0.15, 0.2) is 12.4 Å². The highest BCUT2D eigenvalue weighted by atomic mass is 19.4. The first kappa shape index (κ1) is 12.1. The predicted molar refractivity (Wildman–Crippen MR) is 54.7 cm³/mol. The Morgan fingerprint density at radius 2 is 2.18 bits per heavy atom. The van der Waals surface area contributed by atoms with E-state index in [0.29, 0.717) is 18.9 Å². The van der Waals surface area contributed by atoms with Gasteiger partial charge in [-0.05, 0) is 6.42 Å². The standard InChI is InChI=1S/C10H12F3N3O/c1-17-7-2-3-16(5-7)9-4-8(10(11,12)13)14-6-15-9/h4,6-7H,2-3,5H2,1H3/t7-/m0/s1. The monoisotopic (exact) mass is 247 g/mol. The molecule has 4 nitrogen and oxygen atoms in total. The fourth-order valence-electron chi connectivity index (χ4n) is 1.80. The van der Waals surface area contributed by atoms with Crippen LogP contribution >= 0.6 is 0 Å². The molecule has 7 heteroatoms. The summed E-state index contributed by atoms with van der Waals surface area (Å²) in [6.07, 6.45) is -2.64. The maximum absolute atomic E-state index is 12.5. The Hall–Kier alpha value is -1.37. The lowest BCUT2D eigenvalue weighted by atomic mass is 10.3. The van der Waals surface area contributed by atoms with Crippen molar-refractivity contribution in [3.63, 3.8) is 0 Å². The zero-order chi connectivity index (χ0) is 12.5. The molecule has 1 saturated heterocycles. The van der Waals surface area contributed by atoms with Crippen LogP contribution in [0.4, 0.5) is 19.0 Å². The average Bonchev–Trinajstić information content (AvgIpc) is 2.76. The third-order valence-corrected chi connectivity index (χ3v) is 2.75. The van der Waals surface area contributed by atoms with Gasteiger partial charge in [-0.15, -0.1) is 0 Å². The maximum Gasteiger partial charge on any atom is 0.433 e. The van der Waals surface area contributed by atoms with Crippen LogP contribution in [-0.2, 0) is 10.9 Å². The highest BCUT2D eigenvalue weighted by molar-refractivity contribution is 5.40. The quantitative estimate of drug-likeness (QED) is 0.797. The number of halogens is 3. The number of hydrogen-bond donors (Lipinski definition) is 0. The molecule has 0 bridgehead atoms. The van der Waals surface area contributed by atoms with Gasteiger partial charge in [0, 0.05) is 26.3 Å². The molecule has 0 N–H and O–H groups in total. The van der Waals surface area contributed by atoms with E-state index in [1.165, 1.54) is 0 Å². The van der Waals surface area contributed by atoms with E-state index in [1.807, 2.05) is 0 Å². The molecule has 1 aromatic rings. The average molecular weight is 247 g/mol. The van der Waals surface area contributed by atoms with Gasteiger partial charge in [0.15, 0.2) is 0 Å². The molecule has 0 unspecified atom stereocenters. The minimum atomic E-state index is -4.43. The number of alkyl halides is 3. The van der Waals surface area contributed by atoms with E-state index in [-0.39, 0.29) is 6.10 Å². The molecule has 0 amide bonds. The van der Waals surface area contributed by atoms with Gasteiger partial charge in [0.25, 0.3) is 0 Å². The largest absolute Gasteiger partial charge is 0.433 e. The summed E-state index contributed by atoms with van der Waals surface area (Å²) in [5, 5.41) is 0. The molecule has 0 aliphatic carbocycles. The van der Waals surface area contributed by atoms with Crippen molar-refractivity contribution in [1.29, 1.82) is 0 Å². The summed E-state index contributed by atoms with van der Waals surface area (Å²) in [5.74, 6) is 0.298. The van der Waals surface area contributed by atoms with Crippen LogP contribution in [0.1, 0.15) is 12.1 Å². The molecule has 94 valence electrons. The molecule has 0 saturated carbocycles. The second kappa shape index (κ2) is 4.48. The summed E-state index contributed by atoms with van der Waals surface area (Å²) < 4.78 is 42.5. The van der Waals surface area contributed by atoms with Crippen LogP contribution in [0.5, 0.6) is 0 Å². The molecule has 1 aliphatic rings. The summed E-state index contributed by atoms with van der Waals surface area (Å²) >= 11 is 0. The Morgan fingerprint density at radius 1 is 1.41 bits per heavy atom. The van der Waals surface area contributed by atoms with E-state index in [0.717, 1.165) is 18.8 Å². The smallest absolute Gasteiger partial charge is 0.380 e. The van der Waals surface area contributed by atoms with Gasteiger partial charge in [-0.2, -0.15) is 13.2 Å². The first-order chi connectivity index (χ1) is 8.00. The Bertz CT molecular complexity index is 397. The van der Waals surface area contributed by atoms with E-state index < -0.39 is 11.9 Å². The lowest BCUT2D eigenvalue weighted by Gasteiger charge is -2.17. The fourth-order valence-corrected chi connectivity index (χ4v) is 1.80. The van der Waals surface area contributed by atoms with Crippen LogP contribution in [0, 0.1) is 0 Å². The van der Waals surface area contributed by atoms with Gasteiger partial charge in [-0.1, -0.05) is 0 Å².